The van der Waals surface area contributed by atoms with E-state index in [1.165, 1.54) is 5.56 Å². The van der Waals surface area contributed by atoms with Crippen LogP contribution in [0.2, 0.25) is 0 Å². The molecule has 0 radical (unpaired) electrons. The molecule has 1 saturated heterocycles. The summed E-state index contributed by atoms with van der Waals surface area (Å²) in [5, 5.41) is 0. The number of anilines is 1. The molecule has 108 valence electrons. The Morgan fingerprint density at radius 2 is 1.95 bits per heavy atom. The zero-order valence-corrected chi connectivity index (χ0v) is 11.9. The highest BCUT2D eigenvalue weighted by Crippen LogP contribution is 2.27. The molecule has 0 N–H and O–H groups in total. The van der Waals surface area contributed by atoms with Crippen LogP contribution in [0.5, 0.6) is 0 Å². The number of carbonyl (C=O) groups is 1. The molecule has 0 spiro atoms. The molecule has 4 heteroatoms. The van der Waals surface area contributed by atoms with Gasteiger partial charge in [-0.1, -0.05) is 18.2 Å². The van der Waals surface area contributed by atoms with Crippen molar-refractivity contribution >= 4 is 11.6 Å². The number of fused-ring (bicyclic) bond motifs is 1. The summed E-state index contributed by atoms with van der Waals surface area (Å²) in [6.45, 7) is 5.19. The van der Waals surface area contributed by atoms with Crippen LogP contribution in [0.25, 0.3) is 0 Å². The van der Waals surface area contributed by atoms with Crippen molar-refractivity contribution in [3.63, 3.8) is 0 Å². The van der Waals surface area contributed by atoms with Crippen molar-refractivity contribution in [2.45, 2.75) is 19.3 Å². The maximum atomic E-state index is 12.5. The van der Waals surface area contributed by atoms with E-state index < -0.39 is 0 Å². The van der Waals surface area contributed by atoms with Crippen molar-refractivity contribution in [3.05, 3.63) is 29.8 Å². The second-order valence-electron chi connectivity index (χ2n) is 5.48. The number of benzene rings is 1. The summed E-state index contributed by atoms with van der Waals surface area (Å²) in [4.78, 5) is 16.8. The molecule has 2 heterocycles. The minimum absolute atomic E-state index is 0.253. The molecule has 20 heavy (non-hydrogen) atoms. The summed E-state index contributed by atoms with van der Waals surface area (Å²) in [6, 6.07) is 8.28. The van der Waals surface area contributed by atoms with E-state index in [1.807, 2.05) is 11.0 Å². The first kappa shape index (κ1) is 13.6. The van der Waals surface area contributed by atoms with Crippen LogP contribution in [0.3, 0.4) is 0 Å². The van der Waals surface area contributed by atoms with Crippen molar-refractivity contribution < 1.29 is 9.53 Å². The largest absolute Gasteiger partial charge is 0.379 e. The number of nitrogens with zero attached hydrogens (tertiary/aromatic N) is 2. The van der Waals surface area contributed by atoms with E-state index in [0.29, 0.717) is 6.42 Å². The Hall–Kier alpha value is -1.39. The molecule has 1 aromatic carbocycles. The van der Waals surface area contributed by atoms with Gasteiger partial charge in [-0.05, 0) is 24.5 Å². The molecule has 2 aliphatic heterocycles. The van der Waals surface area contributed by atoms with E-state index in [4.69, 9.17) is 4.74 Å². The molecule has 0 saturated carbocycles. The smallest absolute Gasteiger partial charge is 0.228 e. The summed E-state index contributed by atoms with van der Waals surface area (Å²) in [7, 11) is 0. The van der Waals surface area contributed by atoms with Crippen molar-refractivity contribution in [3.8, 4) is 0 Å². The highest BCUT2D eigenvalue weighted by atomic mass is 16.5. The molecule has 1 fully saturated rings. The topological polar surface area (TPSA) is 32.8 Å². The van der Waals surface area contributed by atoms with Gasteiger partial charge in [0.05, 0.1) is 13.2 Å². The molecule has 0 bridgehead atoms. The second kappa shape index (κ2) is 6.37. The summed E-state index contributed by atoms with van der Waals surface area (Å²) in [6.07, 6.45) is 2.76. The lowest BCUT2D eigenvalue weighted by Gasteiger charge is -2.31. The average molecular weight is 274 g/mol. The third-order valence-corrected chi connectivity index (χ3v) is 4.16. The Kier molecular flexibility index (Phi) is 4.33. The lowest BCUT2D eigenvalue weighted by molar-refractivity contribution is -0.119. The monoisotopic (exact) mass is 274 g/mol. The Balaban J connectivity index is 1.60. The van der Waals surface area contributed by atoms with Gasteiger partial charge < -0.3 is 9.64 Å². The van der Waals surface area contributed by atoms with E-state index in [2.05, 4.69) is 23.1 Å². The molecular weight excluding hydrogens is 252 g/mol. The van der Waals surface area contributed by atoms with Crippen LogP contribution in [-0.2, 0) is 16.0 Å². The number of hydrogen-bond acceptors (Lipinski definition) is 3. The molecular formula is C16H22N2O2. The molecule has 2 aliphatic rings. The minimum Gasteiger partial charge on any atom is -0.379 e. The van der Waals surface area contributed by atoms with Gasteiger partial charge in [0.25, 0.3) is 0 Å². The molecule has 1 amide bonds. The van der Waals surface area contributed by atoms with Crippen molar-refractivity contribution in [2.24, 2.45) is 0 Å². The van der Waals surface area contributed by atoms with E-state index in [-0.39, 0.29) is 5.91 Å². The molecule has 0 unspecified atom stereocenters. The maximum absolute atomic E-state index is 12.5. The molecule has 3 rings (SSSR count). The second-order valence-corrected chi connectivity index (χ2v) is 5.48. The van der Waals surface area contributed by atoms with Gasteiger partial charge in [0.2, 0.25) is 5.91 Å². The number of ether oxygens (including phenoxy) is 1. The van der Waals surface area contributed by atoms with E-state index in [0.717, 1.165) is 57.9 Å². The van der Waals surface area contributed by atoms with Gasteiger partial charge in [-0.15, -0.1) is 0 Å². The zero-order chi connectivity index (χ0) is 13.8. The Morgan fingerprint density at radius 3 is 2.80 bits per heavy atom. The highest BCUT2D eigenvalue weighted by Gasteiger charge is 2.22. The molecule has 4 nitrogen and oxygen atoms in total. The van der Waals surface area contributed by atoms with Gasteiger partial charge >= 0.3 is 0 Å². The first-order valence-corrected chi connectivity index (χ1v) is 7.53. The predicted octanol–water partition coefficient (Wildman–Crippen LogP) is 1.69. The van der Waals surface area contributed by atoms with Gasteiger partial charge in [-0.3, -0.25) is 9.69 Å². The van der Waals surface area contributed by atoms with E-state index in [9.17, 15) is 4.79 Å². The third kappa shape index (κ3) is 3.02. The molecule has 1 aromatic rings. The first-order chi connectivity index (χ1) is 9.84. The van der Waals surface area contributed by atoms with Crippen molar-refractivity contribution in [1.29, 1.82) is 0 Å². The fourth-order valence-electron chi connectivity index (χ4n) is 3.01. The Bertz CT molecular complexity index is 469. The molecule has 0 atom stereocenters. The first-order valence-electron chi connectivity index (χ1n) is 7.53. The predicted molar refractivity (Wildman–Crippen MR) is 79.0 cm³/mol. The number of amides is 1. The van der Waals surface area contributed by atoms with Crippen LogP contribution >= 0.6 is 0 Å². The molecule has 0 aliphatic carbocycles. The Labute approximate surface area is 120 Å². The fraction of sp³-hybridized carbons (Fsp3) is 0.562. The van der Waals surface area contributed by atoms with Crippen LogP contribution in [0, 0.1) is 0 Å². The van der Waals surface area contributed by atoms with Gasteiger partial charge in [-0.25, -0.2) is 0 Å². The number of para-hydroxylation sites is 1. The van der Waals surface area contributed by atoms with Crippen LogP contribution in [0.4, 0.5) is 5.69 Å². The Morgan fingerprint density at radius 1 is 1.15 bits per heavy atom. The quantitative estimate of drug-likeness (QED) is 0.841. The molecule has 0 aromatic heterocycles. The zero-order valence-electron chi connectivity index (χ0n) is 11.9. The summed E-state index contributed by atoms with van der Waals surface area (Å²) in [5.41, 5.74) is 2.42. The van der Waals surface area contributed by atoms with Crippen LogP contribution in [0.15, 0.2) is 24.3 Å². The number of aryl methyl sites for hydroxylation is 1. The van der Waals surface area contributed by atoms with E-state index >= 15 is 0 Å². The lowest BCUT2D eigenvalue weighted by Crippen LogP contribution is -2.41. The SMILES string of the molecule is O=C(CCN1CCOCC1)N1CCCc2ccccc21. The summed E-state index contributed by atoms with van der Waals surface area (Å²) < 4.78 is 5.33. The fourth-order valence-corrected chi connectivity index (χ4v) is 3.01. The number of morpholine rings is 1. The number of rotatable bonds is 3. The third-order valence-electron chi connectivity index (χ3n) is 4.16. The lowest BCUT2D eigenvalue weighted by atomic mass is 10.0. The van der Waals surface area contributed by atoms with Gasteiger partial charge in [0.15, 0.2) is 0 Å². The van der Waals surface area contributed by atoms with Crippen molar-refractivity contribution in [1.82, 2.24) is 4.90 Å². The van der Waals surface area contributed by atoms with Gasteiger partial charge in [0, 0.05) is 38.3 Å². The van der Waals surface area contributed by atoms with Gasteiger partial charge in [-0.2, -0.15) is 0 Å². The summed E-state index contributed by atoms with van der Waals surface area (Å²) >= 11 is 0. The van der Waals surface area contributed by atoms with Gasteiger partial charge in [0.1, 0.15) is 0 Å². The van der Waals surface area contributed by atoms with E-state index in [1.54, 1.807) is 0 Å². The van der Waals surface area contributed by atoms with Crippen LogP contribution in [0.1, 0.15) is 18.4 Å². The average Bonchev–Trinajstić information content (AvgIpc) is 2.53. The maximum Gasteiger partial charge on any atom is 0.228 e. The minimum atomic E-state index is 0.253. The normalized spacial score (nSPS) is 19.7. The standard InChI is InChI=1S/C16H22N2O2/c19-16(7-9-17-10-12-20-13-11-17)18-8-3-5-14-4-1-2-6-15(14)18/h1-2,4,6H,3,5,7-13H2. The highest BCUT2D eigenvalue weighted by molar-refractivity contribution is 5.94. The summed E-state index contributed by atoms with van der Waals surface area (Å²) in [5.74, 6) is 0.253. The number of hydrogen-bond donors (Lipinski definition) is 0. The number of carbonyl (C=O) groups excluding carboxylic acids is 1. The van der Waals surface area contributed by atoms with Crippen LogP contribution in [-0.4, -0.2) is 50.2 Å². The van der Waals surface area contributed by atoms with Crippen LogP contribution < -0.4 is 4.90 Å². The van der Waals surface area contributed by atoms with Crippen molar-refractivity contribution in [2.75, 3.05) is 44.3 Å².